The Labute approximate surface area is 70.6 Å². The van der Waals surface area contributed by atoms with Crippen molar-refractivity contribution in [2.45, 2.75) is 27.3 Å². The summed E-state index contributed by atoms with van der Waals surface area (Å²) in [5.41, 5.74) is 0.201. The normalized spacial score (nSPS) is 11.9. The molecule has 5 heteroatoms. The maximum absolute atomic E-state index is 4.91. The van der Waals surface area contributed by atoms with Crippen LogP contribution < -0.4 is 0 Å². The van der Waals surface area contributed by atoms with E-state index in [2.05, 4.69) is 36.3 Å². The highest BCUT2D eigenvalue weighted by molar-refractivity contribution is 7.71. The Balaban J connectivity index is 2.80. The van der Waals surface area contributed by atoms with Crippen LogP contribution in [0.4, 0.5) is 0 Å². The van der Waals surface area contributed by atoms with Crippen LogP contribution in [-0.2, 0) is 6.54 Å². The Kier molecular flexibility index (Phi) is 2.08. The Bertz CT molecular complexity index is 279. The van der Waals surface area contributed by atoms with Crippen LogP contribution in [0.15, 0.2) is 0 Å². The molecule has 1 aromatic rings. The van der Waals surface area contributed by atoms with E-state index >= 15 is 0 Å². The minimum Gasteiger partial charge on any atom is -0.242 e. The fraction of sp³-hybridized carbons (Fsp3) is 0.833. The van der Waals surface area contributed by atoms with Gasteiger partial charge in [0.2, 0.25) is 4.77 Å². The summed E-state index contributed by atoms with van der Waals surface area (Å²) in [7, 11) is 0. The van der Waals surface area contributed by atoms with Gasteiger partial charge >= 0.3 is 0 Å². The van der Waals surface area contributed by atoms with Crippen molar-refractivity contribution in [1.29, 1.82) is 0 Å². The Morgan fingerprint density at radius 3 is 2.55 bits per heavy atom. The lowest BCUT2D eigenvalue weighted by molar-refractivity contribution is 0.319. The third-order valence-electron chi connectivity index (χ3n) is 1.16. The number of nitrogens with one attached hydrogen (secondary N) is 1. The van der Waals surface area contributed by atoms with E-state index in [1.165, 1.54) is 0 Å². The van der Waals surface area contributed by atoms with Crippen LogP contribution in [0.5, 0.6) is 0 Å². The molecule has 1 rings (SSSR count). The number of H-pyrrole nitrogens is 1. The van der Waals surface area contributed by atoms with Gasteiger partial charge < -0.3 is 0 Å². The molecule has 4 nitrogen and oxygen atoms in total. The first-order valence-electron chi connectivity index (χ1n) is 3.47. The van der Waals surface area contributed by atoms with Crippen molar-refractivity contribution in [3.63, 3.8) is 0 Å². The monoisotopic (exact) mass is 172 g/mol. The number of rotatable bonds is 1. The lowest BCUT2D eigenvalue weighted by atomic mass is 9.97. The van der Waals surface area contributed by atoms with Crippen LogP contribution in [0, 0.1) is 10.2 Å². The molecule has 0 aliphatic heterocycles. The van der Waals surface area contributed by atoms with Crippen molar-refractivity contribution < 1.29 is 0 Å². The average molecular weight is 172 g/mol. The molecule has 0 bridgehead atoms. The molecule has 11 heavy (non-hydrogen) atoms. The van der Waals surface area contributed by atoms with Crippen LogP contribution in [-0.4, -0.2) is 20.2 Å². The first kappa shape index (κ1) is 8.39. The van der Waals surface area contributed by atoms with E-state index in [0.29, 0.717) is 4.77 Å². The molecule has 1 aromatic heterocycles. The fourth-order valence-electron chi connectivity index (χ4n) is 0.793. The fourth-order valence-corrected chi connectivity index (χ4v) is 0.939. The lowest BCUT2D eigenvalue weighted by Gasteiger charge is -2.16. The molecule has 0 amide bonds. The topological polar surface area (TPSA) is 46.5 Å². The standard InChI is InChI=1S/C6H12N4S/c1-6(2,3)4-10-5(11)7-8-9-10/h4H2,1-3H3,(H,7,9,11). The Hall–Kier alpha value is -0.710. The van der Waals surface area contributed by atoms with E-state index in [4.69, 9.17) is 12.2 Å². The second-order valence-corrected chi connectivity index (χ2v) is 4.09. The number of aromatic amines is 1. The minimum absolute atomic E-state index is 0.201. The van der Waals surface area contributed by atoms with E-state index in [1.54, 1.807) is 4.68 Å². The summed E-state index contributed by atoms with van der Waals surface area (Å²) in [6.07, 6.45) is 0. The largest absolute Gasteiger partial charge is 0.242 e. The van der Waals surface area contributed by atoms with Crippen molar-refractivity contribution in [3.8, 4) is 0 Å². The van der Waals surface area contributed by atoms with Gasteiger partial charge in [-0.25, -0.2) is 4.68 Å². The Morgan fingerprint density at radius 1 is 1.55 bits per heavy atom. The van der Waals surface area contributed by atoms with Gasteiger partial charge in [0.1, 0.15) is 0 Å². The molecule has 1 N–H and O–H groups in total. The predicted molar refractivity (Wildman–Crippen MR) is 44.7 cm³/mol. The number of tetrazole rings is 1. The van der Waals surface area contributed by atoms with E-state index in [-0.39, 0.29) is 5.41 Å². The highest BCUT2D eigenvalue weighted by atomic mass is 32.1. The van der Waals surface area contributed by atoms with Crippen LogP contribution >= 0.6 is 12.2 Å². The molecule has 0 aliphatic carbocycles. The van der Waals surface area contributed by atoms with Gasteiger partial charge in [0.05, 0.1) is 0 Å². The average Bonchev–Trinajstić information content (AvgIpc) is 2.12. The quantitative estimate of drug-likeness (QED) is 0.651. The van der Waals surface area contributed by atoms with Gasteiger partial charge in [-0.15, -0.1) is 0 Å². The number of hydrogen-bond donors (Lipinski definition) is 1. The van der Waals surface area contributed by atoms with Gasteiger partial charge in [0, 0.05) is 6.54 Å². The van der Waals surface area contributed by atoms with Crippen LogP contribution in [0.25, 0.3) is 0 Å². The summed E-state index contributed by atoms with van der Waals surface area (Å²) in [6.45, 7) is 7.22. The first-order chi connectivity index (χ1) is 4.99. The summed E-state index contributed by atoms with van der Waals surface area (Å²) in [6, 6.07) is 0. The van der Waals surface area contributed by atoms with Gasteiger partial charge in [-0.1, -0.05) is 31.1 Å². The summed E-state index contributed by atoms with van der Waals surface area (Å²) < 4.78 is 2.27. The Morgan fingerprint density at radius 2 is 2.18 bits per heavy atom. The predicted octanol–water partition coefficient (Wildman–Crippen LogP) is 1.38. The van der Waals surface area contributed by atoms with Gasteiger partial charge in [0.15, 0.2) is 0 Å². The molecule has 1 heterocycles. The van der Waals surface area contributed by atoms with Gasteiger partial charge in [0.25, 0.3) is 0 Å². The molecule has 0 spiro atoms. The van der Waals surface area contributed by atoms with Crippen LogP contribution in [0.1, 0.15) is 20.8 Å². The first-order valence-corrected chi connectivity index (χ1v) is 3.88. The van der Waals surface area contributed by atoms with E-state index in [9.17, 15) is 0 Å². The number of aromatic nitrogens is 4. The SMILES string of the molecule is CC(C)(C)Cn1[nH]nnc1=S. The van der Waals surface area contributed by atoms with E-state index in [0.717, 1.165) is 6.54 Å². The zero-order valence-electron chi connectivity index (χ0n) is 6.96. The zero-order chi connectivity index (χ0) is 8.48. The molecular formula is C6H12N4S. The van der Waals surface area contributed by atoms with Crippen molar-refractivity contribution in [2.75, 3.05) is 0 Å². The summed E-state index contributed by atoms with van der Waals surface area (Å²) in [5.74, 6) is 0. The maximum Gasteiger partial charge on any atom is 0.238 e. The van der Waals surface area contributed by atoms with Crippen molar-refractivity contribution >= 4 is 12.2 Å². The second-order valence-electron chi connectivity index (χ2n) is 3.73. The van der Waals surface area contributed by atoms with Gasteiger partial charge in [-0.05, 0) is 17.6 Å². The third kappa shape index (κ3) is 2.42. The molecule has 0 atom stereocenters. The smallest absolute Gasteiger partial charge is 0.238 e. The van der Waals surface area contributed by atoms with Crippen LogP contribution in [0.3, 0.4) is 0 Å². The summed E-state index contributed by atoms with van der Waals surface area (Å²) in [4.78, 5) is 0. The molecular weight excluding hydrogens is 160 g/mol. The third-order valence-corrected chi connectivity index (χ3v) is 1.47. The molecule has 0 saturated carbocycles. The van der Waals surface area contributed by atoms with Crippen molar-refractivity contribution in [1.82, 2.24) is 20.2 Å². The highest BCUT2D eigenvalue weighted by Crippen LogP contribution is 2.14. The van der Waals surface area contributed by atoms with Crippen LogP contribution in [0.2, 0.25) is 0 Å². The second kappa shape index (κ2) is 2.73. The highest BCUT2D eigenvalue weighted by Gasteiger charge is 2.11. The van der Waals surface area contributed by atoms with Gasteiger partial charge in [-0.2, -0.15) is 5.21 Å². The van der Waals surface area contributed by atoms with Crippen molar-refractivity contribution in [3.05, 3.63) is 4.77 Å². The zero-order valence-corrected chi connectivity index (χ0v) is 7.77. The molecule has 0 fully saturated rings. The molecule has 62 valence electrons. The van der Waals surface area contributed by atoms with E-state index < -0.39 is 0 Å². The number of nitrogens with zero attached hydrogens (tertiary/aromatic N) is 3. The molecule has 0 aromatic carbocycles. The molecule has 0 aliphatic rings. The maximum atomic E-state index is 4.91. The minimum atomic E-state index is 0.201. The van der Waals surface area contributed by atoms with Crippen molar-refractivity contribution in [2.24, 2.45) is 5.41 Å². The van der Waals surface area contributed by atoms with Gasteiger partial charge in [-0.3, -0.25) is 0 Å². The lowest BCUT2D eigenvalue weighted by Crippen LogP contribution is -2.16. The van der Waals surface area contributed by atoms with E-state index in [1.807, 2.05) is 0 Å². The summed E-state index contributed by atoms with van der Waals surface area (Å²) in [5, 5.41) is 9.98. The summed E-state index contributed by atoms with van der Waals surface area (Å²) >= 11 is 4.91. The number of hydrogen-bond acceptors (Lipinski definition) is 3. The molecule has 0 unspecified atom stereocenters. The molecule has 0 saturated heterocycles. The molecule has 0 radical (unpaired) electrons.